The van der Waals surface area contributed by atoms with Gasteiger partial charge >= 0.3 is 0 Å². The van der Waals surface area contributed by atoms with E-state index in [1.165, 1.54) is 60.3 Å². The summed E-state index contributed by atoms with van der Waals surface area (Å²) < 4.78 is 2.44. The molecule has 2 aromatic heterocycles. The third-order valence-electron chi connectivity index (χ3n) is 8.91. The maximum atomic E-state index is 2.44. The molecule has 0 saturated heterocycles. The van der Waals surface area contributed by atoms with Crippen LogP contribution in [0.2, 0.25) is 0 Å². The van der Waals surface area contributed by atoms with Gasteiger partial charge in [-0.25, -0.2) is 0 Å². The molecule has 0 atom stereocenters. The predicted octanol–water partition coefficient (Wildman–Crippen LogP) is 11.6. The molecular weight excluding hydrogens is 532 g/mol. The number of fused-ring (bicyclic) bond motifs is 6. The number of rotatable bonds is 5. The second-order valence-corrected chi connectivity index (χ2v) is 11.4. The van der Waals surface area contributed by atoms with Crippen LogP contribution >= 0.6 is 0 Å². The Balaban J connectivity index is 1.28. The van der Waals surface area contributed by atoms with E-state index < -0.39 is 0 Å². The van der Waals surface area contributed by atoms with Crippen LogP contribution in [0.3, 0.4) is 0 Å². The lowest BCUT2D eigenvalue weighted by Gasteiger charge is -2.26. The van der Waals surface area contributed by atoms with E-state index in [2.05, 4.69) is 179 Å². The summed E-state index contributed by atoms with van der Waals surface area (Å²) in [5.41, 5.74) is 12.0. The Morgan fingerprint density at radius 3 is 1.16 bits per heavy atom. The molecule has 0 fully saturated rings. The van der Waals surface area contributed by atoms with E-state index >= 15 is 0 Å². The molecule has 0 aliphatic rings. The summed E-state index contributed by atoms with van der Waals surface area (Å²) in [6, 6.07) is 61.4. The minimum absolute atomic E-state index is 1.12. The number of para-hydroxylation sites is 2. The normalized spacial score (nSPS) is 11.6. The lowest BCUT2D eigenvalue weighted by molar-refractivity contribution is 1.29. The number of benzene rings is 7. The molecule has 0 bridgehead atoms. The Bertz CT molecular complexity index is 2240. The van der Waals surface area contributed by atoms with E-state index in [-0.39, 0.29) is 0 Å². The monoisotopic (exact) mass is 560 g/mol. The van der Waals surface area contributed by atoms with Gasteiger partial charge < -0.3 is 9.30 Å². The van der Waals surface area contributed by atoms with Crippen LogP contribution in [0, 0.1) is 0 Å². The lowest BCUT2D eigenvalue weighted by Crippen LogP contribution is -2.10. The number of nitrogens with zero attached hydrogens (tertiary/aromatic N) is 2. The maximum absolute atomic E-state index is 2.44. The first-order valence-electron chi connectivity index (χ1n) is 15.1. The smallest absolute Gasteiger partial charge is 0.0622 e. The highest BCUT2D eigenvalue weighted by Gasteiger charge is 2.21. The molecule has 0 unspecified atom stereocenters. The summed E-state index contributed by atoms with van der Waals surface area (Å²) in [6.45, 7) is 0. The van der Waals surface area contributed by atoms with Gasteiger partial charge in [-0.2, -0.15) is 0 Å². The highest BCUT2D eigenvalue weighted by Crippen LogP contribution is 2.44. The van der Waals surface area contributed by atoms with Gasteiger partial charge in [-0.1, -0.05) is 121 Å². The highest BCUT2D eigenvalue weighted by molar-refractivity contribution is 6.24. The number of hydrogen-bond donors (Lipinski definition) is 0. The Hall–Kier alpha value is -5.86. The molecule has 0 saturated carbocycles. The van der Waals surface area contributed by atoms with E-state index in [1.54, 1.807) is 0 Å². The largest absolute Gasteiger partial charge is 0.310 e. The standard InChI is InChI=1S/C42H28N2/c1-3-11-29(12-4-1)31-19-23-33(24-20-31)43(34-25-21-32(22-26-34)30-13-5-2-6-14-30)35-27-38-36-15-7-9-17-40(36)44-41-18-10-8-16-37(41)39(28-35)42(38)44/h1-28H. The van der Waals surface area contributed by atoms with Crippen LogP contribution in [0.25, 0.3) is 60.3 Å². The first-order valence-corrected chi connectivity index (χ1v) is 15.1. The Kier molecular flexibility index (Phi) is 5.54. The van der Waals surface area contributed by atoms with Gasteiger partial charge in [0.25, 0.3) is 0 Å². The zero-order valence-electron chi connectivity index (χ0n) is 24.1. The molecule has 7 aromatic carbocycles. The quantitative estimate of drug-likeness (QED) is 0.203. The fourth-order valence-electron chi connectivity index (χ4n) is 6.88. The van der Waals surface area contributed by atoms with Gasteiger partial charge in [0.2, 0.25) is 0 Å². The van der Waals surface area contributed by atoms with Gasteiger partial charge in [0.1, 0.15) is 0 Å². The van der Waals surface area contributed by atoms with Gasteiger partial charge in [0.05, 0.1) is 16.6 Å². The maximum Gasteiger partial charge on any atom is 0.0622 e. The van der Waals surface area contributed by atoms with E-state index in [1.807, 2.05) is 0 Å². The molecular formula is C42H28N2. The molecule has 9 aromatic rings. The van der Waals surface area contributed by atoms with Crippen molar-refractivity contribution in [3.05, 3.63) is 170 Å². The topological polar surface area (TPSA) is 7.65 Å². The molecule has 2 heteroatoms. The molecule has 2 nitrogen and oxygen atoms in total. The average molecular weight is 561 g/mol. The summed E-state index contributed by atoms with van der Waals surface area (Å²) in [6.07, 6.45) is 0. The van der Waals surface area contributed by atoms with Gasteiger partial charge in [0.15, 0.2) is 0 Å². The zero-order chi connectivity index (χ0) is 29.0. The minimum Gasteiger partial charge on any atom is -0.310 e. The van der Waals surface area contributed by atoms with E-state index in [4.69, 9.17) is 0 Å². The van der Waals surface area contributed by atoms with Crippen molar-refractivity contribution in [1.29, 1.82) is 0 Å². The van der Waals surface area contributed by atoms with Crippen molar-refractivity contribution < 1.29 is 0 Å². The summed E-state index contributed by atoms with van der Waals surface area (Å²) >= 11 is 0. The molecule has 9 rings (SSSR count). The van der Waals surface area contributed by atoms with Crippen molar-refractivity contribution >= 4 is 55.2 Å². The molecule has 2 heterocycles. The van der Waals surface area contributed by atoms with Crippen LogP contribution in [-0.4, -0.2) is 4.40 Å². The van der Waals surface area contributed by atoms with Crippen molar-refractivity contribution in [3.8, 4) is 22.3 Å². The third-order valence-corrected chi connectivity index (χ3v) is 8.91. The summed E-state index contributed by atoms with van der Waals surface area (Å²) in [5.74, 6) is 0. The van der Waals surface area contributed by atoms with Crippen molar-refractivity contribution in [3.63, 3.8) is 0 Å². The second-order valence-electron chi connectivity index (χ2n) is 11.4. The summed E-state index contributed by atoms with van der Waals surface area (Å²) in [7, 11) is 0. The number of anilines is 3. The van der Waals surface area contributed by atoms with Crippen LogP contribution in [0.5, 0.6) is 0 Å². The SMILES string of the molecule is c1ccc(-c2ccc(N(c3ccc(-c4ccccc4)cc3)c3cc4c5ccccc5n5c6ccccc6c(c3)c45)cc2)cc1. The molecule has 206 valence electrons. The van der Waals surface area contributed by atoms with E-state index in [9.17, 15) is 0 Å². The van der Waals surface area contributed by atoms with Gasteiger partial charge in [-0.3, -0.25) is 0 Å². The van der Waals surface area contributed by atoms with Crippen molar-refractivity contribution in [2.45, 2.75) is 0 Å². The van der Waals surface area contributed by atoms with Crippen molar-refractivity contribution in [1.82, 2.24) is 4.40 Å². The lowest BCUT2D eigenvalue weighted by atomic mass is 10.0. The van der Waals surface area contributed by atoms with Crippen LogP contribution in [0.1, 0.15) is 0 Å². The fraction of sp³-hybridized carbons (Fsp3) is 0. The van der Waals surface area contributed by atoms with E-state index in [0.717, 1.165) is 17.1 Å². The highest BCUT2D eigenvalue weighted by atomic mass is 15.1. The average Bonchev–Trinajstić information content (AvgIpc) is 3.62. The Labute approximate surface area is 256 Å². The molecule has 44 heavy (non-hydrogen) atoms. The molecule has 0 N–H and O–H groups in total. The Morgan fingerprint density at radius 1 is 0.318 bits per heavy atom. The second kappa shape index (κ2) is 9.86. The Morgan fingerprint density at radius 2 is 0.705 bits per heavy atom. The first kappa shape index (κ1) is 24.7. The zero-order valence-corrected chi connectivity index (χ0v) is 24.1. The third kappa shape index (κ3) is 3.82. The molecule has 0 aliphatic heterocycles. The molecule has 0 amide bonds. The molecule has 0 spiro atoms. The fourth-order valence-corrected chi connectivity index (χ4v) is 6.88. The summed E-state index contributed by atoms with van der Waals surface area (Å²) in [4.78, 5) is 2.40. The van der Waals surface area contributed by atoms with Gasteiger partial charge in [-0.15, -0.1) is 0 Å². The predicted molar refractivity (Wildman–Crippen MR) is 187 cm³/mol. The van der Waals surface area contributed by atoms with Crippen molar-refractivity contribution in [2.75, 3.05) is 4.90 Å². The van der Waals surface area contributed by atoms with Crippen LogP contribution < -0.4 is 4.90 Å². The summed E-state index contributed by atoms with van der Waals surface area (Å²) in [5, 5.41) is 5.10. The first-order chi connectivity index (χ1) is 21.8. The van der Waals surface area contributed by atoms with Crippen LogP contribution in [0.4, 0.5) is 17.1 Å². The van der Waals surface area contributed by atoms with Gasteiger partial charge in [-0.05, 0) is 70.8 Å². The van der Waals surface area contributed by atoms with Crippen LogP contribution in [-0.2, 0) is 0 Å². The van der Waals surface area contributed by atoms with Gasteiger partial charge in [0, 0.05) is 38.6 Å². The molecule has 0 aliphatic carbocycles. The number of hydrogen-bond acceptors (Lipinski definition) is 1. The minimum atomic E-state index is 1.12. The van der Waals surface area contributed by atoms with Crippen LogP contribution in [0.15, 0.2) is 170 Å². The van der Waals surface area contributed by atoms with Crippen molar-refractivity contribution in [2.24, 2.45) is 0 Å². The van der Waals surface area contributed by atoms with E-state index in [0.29, 0.717) is 0 Å². The number of aromatic nitrogens is 1. The molecule has 0 radical (unpaired) electrons.